The molecule has 3 nitrogen and oxygen atoms in total. The molecule has 0 heterocycles. The average Bonchev–Trinajstić information content (AvgIpc) is 2.19. The number of nitrogens with one attached hydrogen (secondary N) is 2. The molecule has 0 aromatic heterocycles. The molecule has 2 amide bonds. The van der Waals surface area contributed by atoms with Crippen molar-refractivity contribution in [1.82, 2.24) is 10.6 Å². The van der Waals surface area contributed by atoms with Gasteiger partial charge in [0.25, 0.3) is 0 Å². The highest BCUT2D eigenvalue weighted by Crippen LogP contribution is 2.09. The molecule has 1 rings (SSSR count). The zero-order chi connectivity index (χ0) is 12.1. The van der Waals surface area contributed by atoms with E-state index in [0.29, 0.717) is 6.54 Å². The van der Waals surface area contributed by atoms with E-state index in [4.69, 9.17) is 0 Å². The fourth-order valence-electron chi connectivity index (χ4n) is 1.41. The number of urea groups is 1. The lowest BCUT2D eigenvalue weighted by Crippen LogP contribution is -2.39. The van der Waals surface area contributed by atoms with Gasteiger partial charge in [0, 0.05) is 12.6 Å². The van der Waals surface area contributed by atoms with Gasteiger partial charge in [-0.3, -0.25) is 0 Å². The Morgan fingerprint density at radius 1 is 1.25 bits per heavy atom. The third kappa shape index (κ3) is 3.93. The average molecular weight is 220 g/mol. The third-order valence-electron chi connectivity index (χ3n) is 2.44. The normalized spacial score (nSPS) is 10.3. The summed E-state index contributed by atoms with van der Waals surface area (Å²) in [4.78, 5) is 11.4. The molecule has 0 aliphatic carbocycles. The minimum atomic E-state index is -0.117. The molecule has 88 valence electrons. The Morgan fingerprint density at radius 2 is 1.94 bits per heavy atom. The highest BCUT2D eigenvalue weighted by Gasteiger charge is 2.02. The number of amides is 2. The maximum absolute atomic E-state index is 11.4. The highest BCUT2D eigenvalue weighted by atomic mass is 16.2. The summed E-state index contributed by atoms with van der Waals surface area (Å²) in [5, 5.41) is 5.62. The SMILES string of the molecule is Cc1ccc(CNC(=O)NC(C)C)cc1C. The van der Waals surface area contributed by atoms with Gasteiger partial charge in [0.15, 0.2) is 0 Å². The quantitative estimate of drug-likeness (QED) is 0.807. The number of carbonyl (C=O) groups excluding carboxylic acids is 1. The van der Waals surface area contributed by atoms with Gasteiger partial charge in [-0.1, -0.05) is 18.2 Å². The van der Waals surface area contributed by atoms with Crippen molar-refractivity contribution in [2.24, 2.45) is 0 Å². The Hall–Kier alpha value is -1.51. The van der Waals surface area contributed by atoms with Crippen LogP contribution in [0.1, 0.15) is 30.5 Å². The summed E-state index contributed by atoms with van der Waals surface area (Å²) in [7, 11) is 0. The summed E-state index contributed by atoms with van der Waals surface area (Å²) in [6.45, 7) is 8.61. The fourth-order valence-corrected chi connectivity index (χ4v) is 1.41. The molecule has 0 fully saturated rings. The summed E-state index contributed by atoms with van der Waals surface area (Å²) >= 11 is 0. The molecule has 3 heteroatoms. The van der Waals surface area contributed by atoms with Gasteiger partial charge in [-0.15, -0.1) is 0 Å². The molecule has 0 spiro atoms. The zero-order valence-electron chi connectivity index (χ0n) is 10.4. The first-order chi connectivity index (χ1) is 7.49. The summed E-state index contributed by atoms with van der Waals surface area (Å²) in [5.41, 5.74) is 3.65. The van der Waals surface area contributed by atoms with E-state index in [1.807, 2.05) is 19.9 Å². The van der Waals surface area contributed by atoms with Gasteiger partial charge in [-0.05, 0) is 44.4 Å². The lowest BCUT2D eigenvalue weighted by molar-refractivity contribution is 0.238. The number of carbonyl (C=O) groups is 1. The zero-order valence-corrected chi connectivity index (χ0v) is 10.4. The minimum Gasteiger partial charge on any atom is -0.336 e. The number of aryl methyl sites for hydroxylation is 2. The molecule has 2 N–H and O–H groups in total. The first-order valence-corrected chi connectivity index (χ1v) is 5.59. The predicted molar refractivity (Wildman–Crippen MR) is 66.4 cm³/mol. The second-order valence-corrected chi connectivity index (χ2v) is 4.40. The summed E-state index contributed by atoms with van der Waals surface area (Å²) < 4.78 is 0. The van der Waals surface area contributed by atoms with Crippen LogP contribution in [0.25, 0.3) is 0 Å². The van der Waals surface area contributed by atoms with Crippen molar-refractivity contribution in [2.45, 2.75) is 40.3 Å². The van der Waals surface area contributed by atoms with Crippen molar-refractivity contribution in [3.05, 3.63) is 34.9 Å². The second kappa shape index (κ2) is 5.54. The van der Waals surface area contributed by atoms with Crippen molar-refractivity contribution in [2.75, 3.05) is 0 Å². The van der Waals surface area contributed by atoms with E-state index in [1.54, 1.807) is 0 Å². The molecule has 0 radical (unpaired) electrons. The van der Waals surface area contributed by atoms with Gasteiger partial charge in [0.05, 0.1) is 0 Å². The van der Waals surface area contributed by atoms with Crippen LogP contribution in [-0.4, -0.2) is 12.1 Å². The summed E-state index contributed by atoms with van der Waals surface area (Å²) in [6, 6.07) is 6.27. The molecule has 0 aliphatic heterocycles. The summed E-state index contributed by atoms with van der Waals surface area (Å²) in [5.74, 6) is 0. The van der Waals surface area contributed by atoms with Gasteiger partial charge in [0.1, 0.15) is 0 Å². The maximum atomic E-state index is 11.4. The molecule has 0 saturated heterocycles. The molecule has 0 saturated carbocycles. The van der Waals surface area contributed by atoms with Crippen LogP contribution in [0.4, 0.5) is 4.79 Å². The third-order valence-corrected chi connectivity index (χ3v) is 2.44. The topological polar surface area (TPSA) is 41.1 Å². The van der Waals surface area contributed by atoms with E-state index >= 15 is 0 Å². The van der Waals surface area contributed by atoms with Crippen LogP contribution in [-0.2, 0) is 6.54 Å². The fraction of sp³-hybridized carbons (Fsp3) is 0.462. The standard InChI is InChI=1S/C13H20N2O/c1-9(2)15-13(16)14-8-12-6-5-10(3)11(4)7-12/h5-7,9H,8H2,1-4H3,(H2,14,15,16). The van der Waals surface area contributed by atoms with E-state index in [2.05, 4.69) is 36.6 Å². The monoisotopic (exact) mass is 220 g/mol. The number of benzene rings is 1. The van der Waals surface area contributed by atoms with Gasteiger partial charge < -0.3 is 10.6 Å². The Morgan fingerprint density at radius 3 is 2.50 bits per heavy atom. The smallest absolute Gasteiger partial charge is 0.315 e. The van der Waals surface area contributed by atoms with Crippen molar-refractivity contribution >= 4 is 6.03 Å². The lowest BCUT2D eigenvalue weighted by atomic mass is 10.1. The first kappa shape index (κ1) is 12.6. The van der Waals surface area contributed by atoms with Crippen LogP contribution in [0.5, 0.6) is 0 Å². The second-order valence-electron chi connectivity index (χ2n) is 4.40. The molecule has 0 atom stereocenters. The van der Waals surface area contributed by atoms with Crippen molar-refractivity contribution < 1.29 is 4.79 Å². The van der Waals surface area contributed by atoms with Gasteiger partial charge in [-0.25, -0.2) is 4.79 Å². The predicted octanol–water partition coefficient (Wildman–Crippen LogP) is 2.51. The molecule has 16 heavy (non-hydrogen) atoms. The largest absolute Gasteiger partial charge is 0.336 e. The van der Waals surface area contributed by atoms with Crippen LogP contribution < -0.4 is 10.6 Å². The highest BCUT2D eigenvalue weighted by molar-refractivity contribution is 5.74. The minimum absolute atomic E-state index is 0.117. The van der Waals surface area contributed by atoms with E-state index in [1.165, 1.54) is 11.1 Å². The van der Waals surface area contributed by atoms with Crippen LogP contribution in [0.2, 0.25) is 0 Å². The molecular weight excluding hydrogens is 200 g/mol. The first-order valence-electron chi connectivity index (χ1n) is 5.59. The number of hydrogen-bond donors (Lipinski definition) is 2. The molecule has 0 bridgehead atoms. The Bertz CT molecular complexity index is 372. The Kier molecular flexibility index (Phi) is 4.35. The van der Waals surface area contributed by atoms with E-state index in [9.17, 15) is 4.79 Å². The maximum Gasteiger partial charge on any atom is 0.315 e. The molecule has 0 aliphatic rings. The van der Waals surface area contributed by atoms with Crippen molar-refractivity contribution in [3.63, 3.8) is 0 Å². The van der Waals surface area contributed by atoms with Crippen LogP contribution in [0.15, 0.2) is 18.2 Å². The summed E-state index contributed by atoms with van der Waals surface area (Å²) in [6.07, 6.45) is 0. The number of hydrogen-bond acceptors (Lipinski definition) is 1. The van der Waals surface area contributed by atoms with Crippen LogP contribution in [0, 0.1) is 13.8 Å². The van der Waals surface area contributed by atoms with Gasteiger partial charge in [-0.2, -0.15) is 0 Å². The van der Waals surface area contributed by atoms with Crippen molar-refractivity contribution in [1.29, 1.82) is 0 Å². The molecular formula is C13H20N2O. The van der Waals surface area contributed by atoms with E-state index in [0.717, 1.165) is 5.56 Å². The molecule has 0 unspecified atom stereocenters. The molecule has 1 aromatic carbocycles. The van der Waals surface area contributed by atoms with E-state index < -0.39 is 0 Å². The van der Waals surface area contributed by atoms with Crippen LogP contribution >= 0.6 is 0 Å². The Balaban J connectivity index is 2.48. The lowest BCUT2D eigenvalue weighted by Gasteiger charge is -2.10. The van der Waals surface area contributed by atoms with Gasteiger partial charge >= 0.3 is 6.03 Å². The Labute approximate surface area is 97.2 Å². The van der Waals surface area contributed by atoms with Crippen LogP contribution in [0.3, 0.4) is 0 Å². The number of rotatable bonds is 3. The van der Waals surface area contributed by atoms with Gasteiger partial charge in [0.2, 0.25) is 0 Å². The molecule has 1 aromatic rings. The van der Waals surface area contributed by atoms with Crippen molar-refractivity contribution in [3.8, 4) is 0 Å². The van der Waals surface area contributed by atoms with E-state index in [-0.39, 0.29) is 12.1 Å².